The Morgan fingerprint density at radius 1 is 1.29 bits per heavy atom. The number of nitrogens with one attached hydrogen (secondary N) is 1. The topological polar surface area (TPSA) is 75.6 Å². The van der Waals surface area contributed by atoms with Crippen molar-refractivity contribution in [3.8, 4) is 5.75 Å². The van der Waals surface area contributed by atoms with Gasteiger partial charge in [-0.25, -0.2) is 0 Å². The van der Waals surface area contributed by atoms with Gasteiger partial charge in [0.15, 0.2) is 6.10 Å². The van der Waals surface area contributed by atoms with Gasteiger partial charge in [0.25, 0.3) is 5.91 Å². The Morgan fingerprint density at radius 2 is 2.00 bits per heavy atom. The van der Waals surface area contributed by atoms with Crippen LogP contribution in [0.4, 0.5) is 0 Å². The zero-order chi connectivity index (χ0) is 15.7. The number of hydrogen-bond donors (Lipinski definition) is 2. The molecule has 1 rings (SSSR count). The van der Waals surface area contributed by atoms with Crippen molar-refractivity contribution in [1.29, 1.82) is 0 Å². The van der Waals surface area contributed by atoms with Gasteiger partial charge in [-0.05, 0) is 31.9 Å². The van der Waals surface area contributed by atoms with Crippen molar-refractivity contribution in [3.05, 3.63) is 29.3 Å². The quantitative estimate of drug-likeness (QED) is 0.687. The minimum Gasteiger partial charge on any atom is -0.481 e. The summed E-state index contributed by atoms with van der Waals surface area (Å²) in [5.41, 5.74) is 0. The summed E-state index contributed by atoms with van der Waals surface area (Å²) in [6.45, 7) is 2.16. The van der Waals surface area contributed by atoms with E-state index in [1.165, 1.54) is 0 Å². The maximum atomic E-state index is 11.8. The number of aliphatic carboxylic acids is 1. The Morgan fingerprint density at radius 3 is 2.67 bits per heavy atom. The van der Waals surface area contributed by atoms with Crippen LogP contribution >= 0.6 is 11.6 Å². The summed E-state index contributed by atoms with van der Waals surface area (Å²) in [5.74, 6) is -0.530. The molecule has 0 heterocycles. The van der Waals surface area contributed by atoms with Crippen molar-refractivity contribution in [2.75, 3.05) is 6.54 Å². The molecule has 5 nitrogen and oxygen atoms in total. The fourth-order valence-electron chi connectivity index (χ4n) is 1.72. The highest BCUT2D eigenvalue weighted by Gasteiger charge is 2.15. The van der Waals surface area contributed by atoms with Gasteiger partial charge in [-0.2, -0.15) is 0 Å². The molecule has 1 atom stereocenters. The average molecular weight is 314 g/mol. The lowest BCUT2D eigenvalue weighted by molar-refractivity contribution is -0.137. The number of carboxylic acid groups (broad SMARTS) is 1. The molecule has 0 aliphatic heterocycles. The maximum Gasteiger partial charge on any atom is 0.303 e. The third-order valence-electron chi connectivity index (χ3n) is 2.88. The Labute approximate surface area is 129 Å². The van der Waals surface area contributed by atoms with E-state index in [1.807, 2.05) is 0 Å². The molecule has 0 fully saturated rings. The highest BCUT2D eigenvalue weighted by molar-refractivity contribution is 6.32. The van der Waals surface area contributed by atoms with Crippen molar-refractivity contribution < 1.29 is 19.4 Å². The molecule has 1 amide bonds. The van der Waals surface area contributed by atoms with Crippen molar-refractivity contribution in [2.24, 2.45) is 0 Å². The molecule has 21 heavy (non-hydrogen) atoms. The van der Waals surface area contributed by atoms with Gasteiger partial charge in [-0.3, -0.25) is 9.59 Å². The number of ether oxygens (including phenoxy) is 1. The third kappa shape index (κ3) is 6.99. The van der Waals surface area contributed by atoms with Crippen LogP contribution in [-0.2, 0) is 9.59 Å². The second kappa shape index (κ2) is 9.23. The van der Waals surface area contributed by atoms with E-state index in [0.29, 0.717) is 23.7 Å². The van der Waals surface area contributed by atoms with Crippen molar-refractivity contribution in [1.82, 2.24) is 5.32 Å². The fraction of sp³-hybridized carbons (Fsp3) is 0.467. The van der Waals surface area contributed by atoms with E-state index in [-0.39, 0.29) is 12.3 Å². The van der Waals surface area contributed by atoms with Crippen LogP contribution in [0.3, 0.4) is 0 Å². The van der Waals surface area contributed by atoms with Gasteiger partial charge >= 0.3 is 5.97 Å². The van der Waals surface area contributed by atoms with Crippen LogP contribution in [-0.4, -0.2) is 29.6 Å². The van der Waals surface area contributed by atoms with E-state index in [2.05, 4.69) is 5.32 Å². The highest BCUT2D eigenvalue weighted by Crippen LogP contribution is 2.24. The number of halogens is 1. The van der Waals surface area contributed by atoms with Gasteiger partial charge in [-0.1, -0.05) is 30.2 Å². The van der Waals surface area contributed by atoms with Crippen LogP contribution in [0.2, 0.25) is 5.02 Å². The first-order valence-electron chi connectivity index (χ1n) is 6.91. The summed E-state index contributed by atoms with van der Waals surface area (Å²) >= 11 is 5.96. The van der Waals surface area contributed by atoms with Crippen molar-refractivity contribution in [3.63, 3.8) is 0 Å². The van der Waals surface area contributed by atoms with E-state index in [4.69, 9.17) is 21.4 Å². The number of hydrogen-bond acceptors (Lipinski definition) is 3. The molecule has 6 heteroatoms. The number of carbonyl (C=O) groups is 2. The molecule has 116 valence electrons. The maximum absolute atomic E-state index is 11.8. The molecular weight excluding hydrogens is 294 g/mol. The van der Waals surface area contributed by atoms with E-state index in [9.17, 15) is 9.59 Å². The Balaban J connectivity index is 2.23. The summed E-state index contributed by atoms with van der Waals surface area (Å²) in [7, 11) is 0. The number of carbonyl (C=O) groups excluding carboxylic acids is 1. The zero-order valence-corrected chi connectivity index (χ0v) is 12.7. The van der Waals surface area contributed by atoms with E-state index >= 15 is 0 Å². The monoisotopic (exact) mass is 313 g/mol. The lowest BCUT2D eigenvalue weighted by Gasteiger charge is -2.15. The van der Waals surface area contributed by atoms with Crippen molar-refractivity contribution >= 4 is 23.5 Å². The van der Waals surface area contributed by atoms with Crippen molar-refractivity contribution in [2.45, 2.75) is 38.7 Å². The molecule has 0 bridgehead atoms. The van der Waals surface area contributed by atoms with E-state index in [0.717, 1.165) is 12.8 Å². The zero-order valence-electron chi connectivity index (χ0n) is 12.0. The minimum absolute atomic E-state index is 0.167. The predicted octanol–water partition coefficient (Wildman–Crippen LogP) is 2.87. The van der Waals surface area contributed by atoms with Crippen LogP contribution in [0, 0.1) is 0 Å². The molecule has 0 aromatic heterocycles. The molecule has 0 saturated carbocycles. The van der Waals surface area contributed by atoms with E-state index in [1.54, 1.807) is 31.2 Å². The van der Waals surface area contributed by atoms with Crippen LogP contribution in [0.1, 0.15) is 32.6 Å². The summed E-state index contributed by atoms with van der Waals surface area (Å²) < 4.78 is 5.49. The third-order valence-corrected chi connectivity index (χ3v) is 3.19. The summed E-state index contributed by atoms with van der Waals surface area (Å²) in [6, 6.07) is 6.98. The molecule has 1 aromatic carbocycles. The molecule has 0 radical (unpaired) electrons. The molecule has 1 unspecified atom stereocenters. The van der Waals surface area contributed by atoms with E-state index < -0.39 is 12.1 Å². The van der Waals surface area contributed by atoms with Crippen LogP contribution < -0.4 is 10.1 Å². The molecule has 0 saturated heterocycles. The molecule has 2 N–H and O–H groups in total. The average Bonchev–Trinajstić information content (AvgIpc) is 2.44. The summed E-state index contributed by atoms with van der Waals surface area (Å²) in [6.07, 6.45) is 1.67. The van der Waals surface area contributed by atoms with Gasteiger partial charge in [0.1, 0.15) is 5.75 Å². The SMILES string of the molecule is CC(Oc1ccccc1Cl)C(=O)NCCCCCC(=O)O. The molecule has 0 aliphatic carbocycles. The molecule has 0 aliphatic rings. The smallest absolute Gasteiger partial charge is 0.303 e. The number of unbranched alkanes of at least 4 members (excludes halogenated alkanes) is 2. The Kier molecular flexibility index (Phi) is 7.61. The molecule has 0 spiro atoms. The number of rotatable bonds is 9. The van der Waals surface area contributed by atoms with Crippen LogP contribution in [0.25, 0.3) is 0 Å². The largest absolute Gasteiger partial charge is 0.481 e. The van der Waals surface area contributed by atoms with Gasteiger partial charge < -0.3 is 15.2 Å². The van der Waals surface area contributed by atoms with Crippen LogP contribution in [0.15, 0.2) is 24.3 Å². The Bertz CT molecular complexity index is 478. The van der Waals surface area contributed by atoms with Gasteiger partial charge in [0.2, 0.25) is 0 Å². The van der Waals surface area contributed by atoms with Gasteiger partial charge in [-0.15, -0.1) is 0 Å². The number of benzene rings is 1. The first-order valence-corrected chi connectivity index (χ1v) is 7.29. The number of para-hydroxylation sites is 1. The summed E-state index contributed by atoms with van der Waals surface area (Å²) in [4.78, 5) is 22.2. The molecule has 1 aromatic rings. The Hall–Kier alpha value is -1.75. The standard InChI is InChI=1S/C15H20ClNO4/c1-11(21-13-8-5-4-7-12(13)16)15(20)17-10-6-2-3-9-14(18)19/h4-5,7-8,11H,2-3,6,9-10H2,1H3,(H,17,20)(H,18,19). The lowest BCUT2D eigenvalue weighted by atomic mass is 10.2. The van der Waals surface area contributed by atoms with Gasteiger partial charge in [0.05, 0.1) is 5.02 Å². The minimum atomic E-state index is -0.791. The normalized spacial score (nSPS) is 11.7. The second-order valence-corrected chi connectivity index (χ2v) is 5.09. The van der Waals surface area contributed by atoms with Crippen LogP contribution in [0.5, 0.6) is 5.75 Å². The van der Waals surface area contributed by atoms with Gasteiger partial charge in [0, 0.05) is 13.0 Å². The molecular formula is C15H20ClNO4. The fourth-order valence-corrected chi connectivity index (χ4v) is 1.90. The lowest BCUT2D eigenvalue weighted by Crippen LogP contribution is -2.36. The first-order chi connectivity index (χ1) is 10.0. The first kappa shape index (κ1) is 17.3. The summed E-state index contributed by atoms with van der Waals surface area (Å²) in [5, 5.41) is 11.7. The number of carboxylic acids is 1. The highest BCUT2D eigenvalue weighted by atomic mass is 35.5. The number of amides is 1. The predicted molar refractivity (Wildman–Crippen MR) is 80.7 cm³/mol. The second-order valence-electron chi connectivity index (χ2n) is 4.69.